The van der Waals surface area contributed by atoms with Gasteiger partial charge >= 0.3 is 11.9 Å². The molecular formula is C57H98O5. The van der Waals surface area contributed by atoms with Gasteiger partial charge in [-0.1, -0.05) is 221 Å². The van der Waals surface area contributed by atoms with Crippen LogP contribution in [0.3, 0.4) is 0 Å². The highest BCUT2D eigenvalue weighted by molar-refractivity contribution is 5.70. The van der Waals surface area contributed by atoms with Crippen LogP contribution in [-0.4, -0.2) is 37.9 Å². The molecule has 0 bridgehead atoms. The van der Waals surface area contributed by atoms with Crippen molar-refractivity contribution in [1.82, 2.24) is 0 Å². The first-order valence-corrected chi connectivity index (χ1v) is 26.1. The zero-order valence-electron chi connectivity index (χ0n) is 40.9. The van der Waals surface area contributed by atoms with Crippen LogP contribution in [0.4, 0.5) is 0 Å². The molecule has 5 nitrogen and oxygen atoms in total. The van der Waals surface area contributed by atoms with Crippen molar-refractivity contribution >= 4 is 11.9 Å². The lowest BCUT2D eigenvalue weighted by Crippen LogP contribution is -2.30. The lowest BCUT2D eigenvalue weighted by atomic mass is 10.1. The molecule has 0 aliphatic rings. The molecule has 0 aromatic rings. The number of unbranched alkanes of at least 4 members (excludes halogenated alkanes) is 22. The van der Waals surface area contributed by atoms with E-state index in [0.717, 1.165) is 116 Å². The van der Waals surface area contributed by atoms with Gasteiger partial charge in [-0.15, -0.1) is 0 Å². The summed E-state index contributed by atoms with van der Waals surface area (Å²) in [5.41, 5.74) is 0. The fourth-order valence-electron chi connectivity index (χ4n) is 7.10. The van der Waals surface area contributed by atoms with Crippen molar-refractivity contribution < 1.29 is 23.8 Å². The van der Waals surface area contributed by atoms with Gasteiger partial charge in [-0.05, 0) is 89.9 Å². The Bertz CT molecular complexity index is 1160. The fourth-order valence-corrected chi connectivity index (χ4v) is 7.10. The highest BCUT2D eigenvalue weighted by Crippen LogP contribution is 2.14. The smallest absolute Gasteiger partial charge is 0.306 e. The van der Waals surface area contributed by atoms with Crippen LogP contribution in [0.1, 0.15) is 239 Å². The third-order valence-corrected chi connectivity index (χ3v) is 10.9. The summed E-state index contributed by atoms with van der Waals surface area (Å²) in [6.45, 7) is 7.58. The molecule has 356 valence electrons. The molecule has 0 aliphatic heterocycles. The standard InChI is InChI=1S/C57H98O5/c1-4-7-10-13-16-19-22-25-27-29-31-33-35-38-41-44-47-50-56(58)61-54-55(53-60-52-49-46-43-40-37-24-21-18-15-12-9-6-3)62-57(59)51-48-45-42-39-36-34-32-30-28-26-23-20-17-14-11-8-5-2/h7-8,10-11,16-17,19-20,25-28,31,33,55H,4-6,9,12-15,18,21-24,29-30,32,34-54H2,1-3H3/b10-7-,11-8-,19-16-,20-17-,27-25-,28-26-,33-31-. The molecule has 5 heteroatoms. The molecule has 1 unspecified atom stereocenters. The van der Waals surface area contributed by atoms with Crippen molar-refractivity contribution in [3.8, 4) is 0 Å². The first-order chi connectivity index (χ1) is 30.6. The highest BCUT2D eigenvalue weighted by Gasteiger charge is 2.17. The third-order valence-electron chi connectivity index (χ3n) is 10.9. The Labute approximate surface area is 384 Å². The number of allylic oxidation sites excluding steroid dienone is 14. The second-order valence-corrected chi connectivity index (χ2v) is 17.0. The van der Waals surface area contributed by atoms with Gasteiger partial charge < -0.3 is 14.2 Å². The van der Waals surface area contributed by atoms with Gasteiger partial charge in [0.15, 0.2) is 6.10 Å². The van der Waals surface area contributed by atoms with Crippen LogP contribution in [-0.2, 0) is 23.8 Å². The van der Waals surface area contributed by atoms with E-state index in [4.69, 9.17) is 14.2 Å². The Balaban J connectivity index is 4.32. The van der Waals surface area contributed by atoms with Crippen molar-refractivity contribution in [1.29, 1.82) is 0 Å². The SMILES string of the molecule is CC/C=C\C/C=C\C/C=C\C/C=C\CCCCCCC(=O)OCC(COCCCCCCCCCCCCCC)OC(=O)CCCCCCCCC/C=C\C/C=C\C/C=C\CC. The number of hydrogen-bond acceptors (Lipinski definition) is 5. The van der Waals surface area contributed by atoms with Crippen molar-refractivity contribution in [3.05, 3.63) is 85.1 Å². The van der Waals surface area contributed by atoms with E-state index in [1.807, 2.05) is 0 Å². The zero-order chi connectivity index (χ0) is 44.9. The molecule has 0 radical (unpaired) electrons. The lowest BCUT2D eigenvalue weighted by Gasteiger charge is -2.18. The Morgan fingerprint density at radius 1 is 0.371 bits per heavy atom. The number of esters is 2. The van der Waals surface area contributed by atoms with Crippen LogP contribution in [0.5, 0.6) is 0 Å². The average molecular weight is 863 g/mol. The minimum atomic E-state index is -0.553. The lowest BCUT2D eigenvalue weighted by molar-refractivity contribution is -0.163. The molecule has 0 rings (SSSR count). The molecule has 0 N–H and O–H groups in total. The van der Waals surface area contributed by atoms with Gasteiger partial charge in [0, 0.05) is 19.4 Å². The summed E-state index contributed by atoms with van der Waals surface area (Å²) in [6, 6.07) is 0. The Morgan fingerprint density at radius 2 is 0.726 bits per heavy atom. The molecule has 1 atom stereocenters. The van der Waals surface area contributed by atoms with Crippen LogP contribution in [0.25, 0.3) is 0 Å². The van der Waals surface area contributed by atoms with Crippen molar-refractivity contribution in [2.75, 3.05) is 19.8 Å². The van der Waals surface area contributed by atoms with Crippen molar-refractivity contribution in [2.24, 2.45) is 0 Å². The second-order valence-electron chi connectivity index (χ2n) is 17.0. The van der Waals surface area contributed by atoms with Crippen LogP contribution in [0.2, 0.25) is 0 Å². The van der Waals surface area contributed by atoms with Crippen LogP contribution >= 0.6 is 0 Å². The van der Waals surface area contributed by atoms with Gasteiger partial charge in [0.25, 0.3) is 0 Å². The number of carbonyl (C=O) groups is 2. The van der Waals surface area contributed by atoms with Gasteiger partial charge in [0.1, 0.15) is 6.61 Å². The van der Waals surface area contributed by atoms with Crippen molar-refractivity contribution in [2.45, 2.75) is 245 Å². The molecule has 0 fully saturated rings. The maximum atomic E-state index is 12.8. The minimum Gasteiger partial charge on any atom is -0.462 e. The summed E-state index contributed by atoms with van der Waals surface area (Å²) >= 11 is 0. The monoisotopic (exact) mass is 863 g/mol. The van der Waals surface area contributed by atoms with Gasteiger partial charge in [-0.3, -0.25) is 9.59 Å². The molecule has 0 spiro atoms. The number of rotatable bonds is 47. The number of ether oxygens (including phenoxy) is 3. The van der Waals surface area contributed by atoms with E-state index in [1.165, 1.54) is 89.9 Å². The van der Waals surface area contributed by atoms with Crippen LogP contribution in [0, 0.1) is 0 Å². The van der Waals surface area contributed by atoms with E-state index < -0.39 is 6.10 Å². The predicted molar refractivity (Wildman–Crippen MR) is 270 cm³/mol. The Kier molecular flexibility index (Phi) is 50.0. The molecule has 0 aromatic heterocycles. The maximum Gasteiger partial charge on any atom is 0.306 e. The Hall–Kier alpha value is -2.92. The van der Waals surface area contributed by atoms with Gasteiger partial charge in [0.05, 0.1) is 6.61 Å². The summed E-state index contributed by atoms with van der Waals surface area (Å²) in [5.74, 6) is -0.433. The predicted octanol–water partition coefficient (Wildman–Crippen LogP) is 17.7. The molecule has 0 amide bonds. The molecule has 0 saturated heterocycles. The number of carbonyl (C=O) groups excluding carboxylic acids is 2. The summed E-state index contributed by atoms with van der Waals surface area (Å²) < 4.78 is 17.4. The Morgan fingerprint density at radius 3 is 1.16 bits per heavy atom. The molecule has 0 saturated carbocycles. The van der Waals surface area contributed by atoms with E-state index >= 15 is 0 Å². The third kappa shape index (κ3) is 49.7. The summed E-state index contributed by atoms with van der Waals surface area (Å²) in [6.07, 6.45) is 68.7. The normalized spacial score (nSPS) is 12.9. The average Bonchev–Trinajstić information content (AvgIpc) is 3.27. The summed E-state index contributed by atoms with van der Waals surface area (Å²) in [7, 11) is 0. The topological polar surface area (TPSA) is 61.8 Å². The van der Waals surface area contributed by atoms with Crippen LogP contribution in [0.15, 0.2) is 85.1 Å². The van der Waals surface area contributed by atoms with E-state index in [9.17, 15) is 9.59 Å². The number of hydrogen-bond donors (Lipinski definition) is 0. The van der Waals surface area contributed by atoms with E-state index in [2.05, 4.69) is 106 Å². The molecule has 62 heavy (non-hydrogen) atoms. The zero-order valence-corrected chi connectivity index (χ0v) is 40.9. The van der Waals surface area contributed by atoms with Gasteiger partial charge in [-0.2, -0.15) is 0 Å². The highest BCUT2D eigenvalue weighted by atomic mass is 16.6. The first kappa shape index (κ1) is 59.1. The first-order valence-electron chi connectivity index (χ1n) is 26.1. The van der Waals surface area contributed by atoms with Gasteiger partial charge in [-0.25, -0.2) is 0 Å². The van der Waals surface area contributed by atoms with Crippen LogP contribution < -0.4 is 0 Å². The maximum absolute atomic E-state index is 12.8. The molecular weight excluding hydrogens is 765 g/mol. The quantitative estimate of drug-likeness (QED) is 0.0346. The van der Waals surface area contributed by atoms with E-state index in [0.29, 0.717) is 19.4 Å². The minimum absolute atomic E-state index is 0.0668. The van der Waals surface area contributed by atoms with Crippen molar-refractivity contribution in [3.63, 3.8) is 0 Å². The molecule has 0 aromatic carbocycles. The molecule has 0 aliphatic carbocycles. The van der Waals surface area contributed by atoms with E-state index in [1.54, 1.807) is 0 Å². The second kappa shape index (κ2) is 52.4. The van der Waals surface area contributed by atoms with E-state index in [-0.39, 0.29) is 25.2 Å². The fraction of sp³-hybridized carbons (Fsp3) is 0.719. The summed E-state index contributed by atoms with van der Waals surface area (Å²) in [5, 5.41) is 0. The summed E-state index contributed by atoms with van der Waals surface area (Å²) in [4.78, 5) is 25.4. The van der Waals surface area contributed by atoms with Gasteiger partial charge in [0.2, 0.25) is 0 Å². The largest absolute Gasteiger partial charge is 0.462 e. The molecule has 0 heterocycles.